The molecule has 0 unspecified atom stereocenters. The van der Waals surface area contributed by atoms with Crippen LogP contribution in [0.2, 0.25) is 0 Å². The molecule has 0 bridgehead atoms. The minimum Gasteiger partial charge on any atom is -0.491 e. The Morgan fingerprint density at radius 2 is 0.940 bits per heavy atom. The number of ether oxygens (including phenoxy) is 9. The topological polar surface area (TPSA) is 198 Å². The molecule has 0 atom stereocenters. The first-order valence-electron chi connectivity index (χ1n) is 16.5. The van der Waals surface area contributed by atoms with Crippen molar-refractivity contribution in [1.82, 2.24) is 25.5 Å². The molecule has 0 N–H and O–H groups in total. The number of hydroxylamine groups is 2. The van der Waals surface area contributed by atoms with E-state index < -0.39 is 17.8 Å². The lowest BCUT2D eigenvalue weighted by Gasteiger charge is -2.12. The lowest BCUT2D eigenvalue weighted by molar-refractivity contribution is -0.198. The molecule has 2 amide bonds. The molecule has 2 aromatic rings. The fourth-order valence-corrected chi connectivity index (χ4v) is 3.92. The van der Waals surface area contributed by atoms with E-state index in [9.17, 15) is 14.4 Å². The fourth-order valence-electron chi connectivity index (χ4n) is 3.92. The van der Waals surface area contributed by atoms with E-state index in [2.05, 4.69) is 20.4 Å². The van der Waals surface area contributed by atoms with E-state index in [0.717, 1.165) is 11.3 Å². The Hall–Kier alpha value is -3.75. The molecule has 18 heteroatoms. The van der Waals surface area contributed by atoms with Crippen molar-refractivity contribution in [3.8, 4) is 17.1 Å². The number of carbonyl (C=O) groups excluding carboxylic acids is 3. The molecule has 0 saturated carbocycles. The van der Waals surface area contributed by atoms with Crippen LogP contribution in [0, 0.1) is 6.92 Å². The van der Waals surface area contributed by atoms with Gasteiger partial charge in [0, 0.05) is 18.4 Å². The van der Waals surface area contributed by atoms with Crippen LogP contribution in [0.25, 0.3) is 11.4 Å². The van der Waals surface area contributed by atoms with E-state index in [0.29, 0.717) is 116 Å². The third-order valence-electron chi connectivity index (χ3n) is 6.44. The Labute approximate surface area is 290 Å². The maximum atomic E-state index is 11.6. The van der Waals surface area contributed by atoms with Gasteiger partial charge in [-0.15, -0.1) is 25.5 Å². The summed E-state index contributed by atoms with van der Waals surface area (Å²) < 4.78 is 49.2. The van der Waals surface area contributed by atoms with Crippen LogP contribution in [0.1, 0.15) is 25.1 Å². The molecule has 1 aliphatic heterocycles. The molecular formula is C32H47N5O13. The highest BCUT2D eigenvalue weighted by Crippen LogP contribution is 2.18. The molecule has 0 aliphatic carbocycles. The SMILES string of the molecule is Cc1nnc(-c2ccc(OCCOCCOCCOCCOCCOCCOCCOCCOCCC(=O)ON3C(=O)CCC3=O)cc2)nn1. The predicted octanol–water partition coefficient (Wildman–Crippen LogP) is 0.751. The van der Waals surface area contributed by atoms with Crippen LogP contribution in [0.15, 0.2) is 24.3 Å². The van der Waals surface area contributed by atoms with Gasteiger partial charge in [-0.25, -0.2) is 4.79 Å². The highest BCUT2D eigenvalue weighted by Gasteiger charge is 2.32. The summed E-state index contributed by atoms with van der Waals surface area (Å²) in [6.45, 7) is 8.69. The van der Waals surface area contributed by atoms with Gasteiger partial charge in [-0.1, -0.05) is 0 Å². The first-order valence-corrected chi connectivity index (χ1v) is 16.5. The molecule has 18 nitrogen and oxygen atoms in total. The molecule has 1 aromatic heterocycles. The summed E-state index contributed by atoms with van der Waals surface area (Å²) in [5.74, 6) is -0.0175. The number of imide groups is 1. The average Bonchev–Trinajstić information content (AvgIpc) is 3.44. The third kappa shape index (κ3) is 18.3. The Morgan fingerprint density at radius 1 is 0.560 bits per heavy atom. The van der Waals surface area contributed by atoms with Gasteiger partial charge >= 0.3 is 5.97 Å². The average molecular weight is 710 g/mol. The van der Waals surface area contributed by atoms with Gasteiger partial charge in [0.2, 0.25) is 5.82 Å². The maximum absolute atomic E-state index is 11.6. The van der Waals surface area contributed by atoms with Crippen LogP contribution >= 0.6 is 0 Å². The highest BCUT2D eigenvalue weighted by atomic mass is 16.7. The van der Waals surface area contributed by atoms with Crippen molar-refractivity contribution in [2.24, 2.45) is 0 Å². The first-order chi connectivity index (χ1) is 24.5. The van der Waals surface area contributed by atoms with Crippen molar-refractivity contribution in [3.05, 3.63) is 30.1 Å². The molecule has 50 heavy (non-hydrogen) atoms. The summed E-state index contributed by atoms with van der Waals surface area (Å²) in [5, 5.41) is 16.4. The van der Waals surface area contributed by atoms with Crippen molar-refractivity contribution in [3.63, 3.8) is 0 Å². The zero-order valence-electron chi connectivity index (χ0n) is 28.5. The monoisotopic (exact) mass is 709 g/mol. The van der Waals surface area contributed by atoms with E-state index in [1.54, 1.807) is 6.92 Å². The highest BCUT2D eigenvalue weighted by molar-refractivity contribution is 6.01. The summed E-state index contributed by atoms with van der Waals surface area (Å²) in [6, 6.07) is 7.38. The van der Waals surface area contributed by atoms with Gasteiger partial charge in [-0.05, 0) is 31.2 Å². The normalized spacial score (nSPS) is 12.9. The molecule has 0 spiro atoms. The summed E-state index contributed by atoms with van der Waals surface area (Å²) in [7, 11) is 0. The summed E-state index contributed by atoms with van der Waals surface area (Å²) in [6.07, 6.45) is 0.0389. The molecular weight excluding hydrogens is 662 g/mol. The number of nitrogens with zero attached hydrogens (tertiary/aromatic N) is 5. The number of hydrogen-bond donors (Lipinski definition) is 0. The molecule has 3 rings (SSSR count). The lowest BCUT2D eigenvalue weighted by atomic mass is 10.2. The van der Waals surface area contributed by atoms with Gasteiger partial charge in [-0.3, -0.25) is 9.59 Å². The quantitative estimate of drug-likeness (QED) is 0.0812. The van der Waals surface area contributed by atoms with E-state index >= 15 is 0 Å². The smallest absolute Gasteiger partial charge is 0.335 e. The Morgan fingerprint density at radius 3 is 1.36 bits per heavy atom. The van der Waals surface area contributed by atoms with Crippen LogP contribution < -0.4 is 4.74 Å². The molecule has 2 heterocycles. The van der Waals surface area contributed by atoms with Crippen LogP contribution in [0.3, 0.4) is 0 Å². The van der Waals surface area contributed by atoms with Gasteiger partial charge in [0.1, 0.15) is 12.4 Å². The second-order valence-corrected chi connectivity index (χ2v) is 10.3. The molecule has 1 fully saturated rings. The van der Waals surface area contributed by atoms with Gasteiger partial charge in [0.05, 0.1) is 112 Å². The van der Waals surface area contributed by atoms with Crippen molar-refractivity contribution < 1.29 is 61.9 Å². The van der Waals surface area contributed by atoms with E-state index in [1.807, 2.05) is 24.3 Å². The number of amides is 2. The number of aryl methyl sites for hydroxylation is 1. The van der Waals surface area contributed by atoms with Crippen molar-refractivity contribution in [2.75, 3.05) is 112 Å². The van der Waals surface area contributed by atoms with Crippen molar-refractivity contribution >= 4 is 17.8 Å². The lowest BCUT2D eigenvalue weighted by Crippen LogP contribution is -2.32. The van der Waals surface area contributed by atoms with Gasteiger partial charge in [0.15, 0.2) is 5.82 Å². The fraction of sp³-hybridized carbons (Fsp3) is 0.656. The van der Waals surface area contributed by atoms with Gasteiger partial charge in [-0.2, -0.15) is 0 Å². The molecule has 1 saturated heterocycles. The van der Waals surface area contributed by atoms with Crippen LogP contribution in [0.5, 0.6) is 5.75 Å². The van der Waals surface area contributed by atoms with E-state index in [-0.39, 0.29) is 32.5 Å². The number of aromatic nitrogens is 4. The standard InChI is InChI=1S/C32H47N5O13/c1-26-33-35-32(36-34-26)27-2-4-28(5-3-27)49-25-24-48-23-22-47-21-20-46-19-18-45-17-16-44-15-14-43-13-12-42-11-10-41-9-8-31(40)50-37-29(38)6-7-30(37)39/h2-5H,6-25H2,1H3. The maximum Gasteiger partial charge on any atom is 0.335 e. The predicted molar refractivity (Wildman–Crippen MR) is 172 cm³/mol. The van der Waals surface area contributed by atoms with Crippen LogP contribution in [0.4, 0.5) is 0 Å². The second kappa shape index (κ2) is 26.1. The number of hydrogen-bond acceptors (Lipinski definition) is 17. The largest absolute Gasteiger partial charge is 0.491 e. The minimum absolute atomic E-state index is 0.0574. The van der Waals surface area contributed by atoms with E-state index in [1.165, 1.54) is 0 Å². The van der Waals surface area contributed by atoms with Crippen LogP contribution in [-0.4, -0.2) is 156 Å². The number of carbonyl (C=O) groups is 3. The Balaban J connectivity index is 0.955. The summed E-state index contributed by atoms with van der Waals surface area (Å²) in [4.78, 5) is 39.2. The Bertz CT molecular complexity index is 1210. The molecule has 0 radical (unpaired) electrons. The molecule has 1 aromatic carbocycles. The second-order valence-electron chi connectivity index (χ2n) is 10.3. The van der Waals surface area contributed by atoms with E-state index in [4.69, 9.17) is 47.5 Å². The number of rotatable bonds is 30. The third-order valence-corrected chi connectivity index (χ3v) is 6.44. The van der Waals surface area contributed by atoms with Gasteiger partial charge < -0.3 is 47.5 Å². The molecule has 1 aliphatic rings. The van der Waals surface area contributed by atoms with Crippen molar-refractivity contribution in [2.45, 2.75) is 26.2 Å². The zero-order valence-corrected chi connectivity index (χ0v) is 28.5. The zero-order chi connectivity index (χ0) is 35.5. The Kier molecular flexibility index (Phi) is 21.2. The van der Waals surface area contributed by atoms with Crippen molar-refractivity contribution in [1.29, 1.82) is 0 Å². The summed E-state index contributed by atoms with van der Waals surface area (Å²) in [5.41, 5.74) is 0.811. The number of benzene rings is 1. The van der Waals surface area contributed by atoms with Gasteiger partial charge in [0.25, 0.3) is 11.8 Å². The minimum atomic E-state index is -0.701. The summed E-state index contributed by atoms with van der Waals surface area (Å²) >= 11 is 0. The molecule has 278 valence electrons. The van der Waals surface area contributed by atoms with Crippen LogP contribution in [-0.2, 0) is 57.1 Å². The first kappa shape index (κ1) is 40.7.